The number of hydrogen-bond donors (Lipinski definition) is 1. The van der Waals surface area contributed by atoms with Crippen LogP contribution >= 0.6 is 0 Å². The molecular weight excluding hydrogens is 341 g/mol. The molecule has 1 aromatic heterocycles. The predicted molar refractivity (Wildman–Crippen MR) is 91.0 cm³/mol. The van der Waals surface area contributed by atoms with Gasteiger partial charge in [-0.1, -0.05) is 17.3 Å². The van der Waals surface area contributed by atoms with Gasteiger partial charge in [0.15, 0.2) is 11.5 Å². The molecule has 1 N–H and O–H groups in total. The van der Waals surface area contributed by atoms with Crippen molar-refractivity contribution in [1.29, 1.82) is 0 Å². The number of rotatable bonds is 4. The number of hydrogen-bond acceptors (Lipinski definition) is 5. The van der Waals surface area contributed by atoms with Crippen molar-refractivity contribution >= 4 is 12.0 Å². The zero-order chi connectivity index (χ0) is 18.5. The summed E-state index contributed by atoms with van der Waals surface area (Å²) in [5.41, 5.74) is 0.345. The number of halogens is 1. The van der Waals surface area contributed by atoms with Gasteiger partial charge in [0.05, 0.1) is 12.2 Å². The predicted octanol–water partition coefficient (Wildman–Crippen LogP) is 2.83. The highest BCUT2D eigenvalue weighted by Gasteiger charge is 2.26. The summed E-state index contributed by atoms with van der Waals surface area (Å²) in [6.45, 7) is 3.14. The summed E-state index contributed by atoms with van der Waals surface area (Å²) < 4.78 is 23.8. The molecule has 8 heteroatoms. The van der Waals surface area contributed by atoms with Crippen LogP contribution in [-0.2, 0) is 4.74 Å². The molecule has 0 aliphatic carbocycles. The summed E-state index contributed by atoms with van der Waals surface area (Å²) in [7, 11) is 0. The summed E-state index contributed by atoms with van der Waals surface area (Å²) in [5, 5.41) is 6.60. The number of nitrogens with one attached hydrogen (secondary N) is 1. The monoisotopic (exact) mass is 361 g/mol. The number of piperidine rings is 1. The Kier molecular flexibility index (Phi) is 5.50. The third-order valence-electron chi connectivity index (χ3n) is 4.24. The molecule has 0 bridgehead atoms. The first-order valence-electron chi connectivity index (χ1n) is 8.52. The lowest BCUT2D eigenvalue weighted by atomic mass is 10.1. The summed E-state index contributed by atoms with van der Waals surface area (Å²) in [4.78, 5) is 25.6. The second-order valence-electron chi connectivity index (χ2n) is 5.99. The van der Waals surface area contributed by atoms with E-state index in [-0.39, 0.29) is 35.1 Å². The van der Waals surface area contributed by atoms with E-state index >= 15 is 0 Å². The number of aromatic nitrogens is 1. The van der Waals surface area contributed by atoms with Crippen molar-refractivity contribution in [3.05, 3.63) is 41.8 Å². The van der Waals surface area contributed by atoms with Crippen LogP contribution < -0.4 is 5.32 Å². The molecule has 2 aromatic rings. The molecule has 2 heterocycles. The number of carbonyl (C=O) groups is 2. The number of carbonyl (C=O) groups excluding carboxylic acids is 2. The topological polar surface area (TPSA) is 84.7 Å². The van der Waals surface area contributed by atoms with Crippen LogP contribution in [0.2, 0.25) is 0 Å². The third-order valence-corrected chi connectivity index (χ3v) is 4.24. The van der Waals surface area contributed by atoms with Gasteiger partial charge in [0.2, 0.25) is 0 Å². The Labute approximate surface area is 150 Å². The summed E-state index contributed by atoms with van der Waals surface area (Å²) >= 11 is 0. The fraction of sp³-hybridized carbons (Fsp3) is 0.389. The Hall–Kier alpha value is -2.90. The molecule has 0 spiro atoms. The second-order valence-corrected chi connectivity index (χ2v) is 5.99. The van der Waals surface area contributed by atoms with Crippen molar-refractivity contribution in [2.24, 2.45) is 0 Å². The highest BCUT2D eigenvalue weighted by Crippen LogP contribution is 2.23. The summed E-state index contributed by atoms with van der Waals surface area (Å²) in [5.74, 6) is -0.627. The molecule has 2 amide bonds. The minimum Gasteiger partial charge on any atom is -0.450 e. The summed E-state index contributed by atoms with van der Waals surface area (Å²) in [6, 6.07) is 7.48. The molecule has 1 fully saturated rings. The van der Waals surface area contributed by atoms with Gasteiger partial charge in [-0.25, -0.2) is 9.18 Å². The molecule has 1 aliphatic heterocycles. The quantitative estimate of drug-likeness (QED) is 0.905. The minimum atomic E-state index is -0.443. The van der Waals surface area contributed by atoms with Crippen molar-refractivity contribution in [3.8, 4) is 11.3 Å². The number of amides is 2. The number of benzene rings is 1. The Morgan fingerprint density at radius 2 is 2.08 bits per heavy atom. The van der Waals surface area contributed by atoms with Gasteiger partial charge in [-0.2, -0.15) is 0 Å². The van der Waals surface area contributed by atoms with Gasteiger partial charge in [0.25, 0.3) is 5.91 Å². The molecule has 1 aliphatic rings. The molecule has 0 radical (unpaired) electrons. The van der Waals surface area contributed by atoms with Crippen LogP contribution in [0.5, 0.6) is 0 Å². The molecule has 138 valence electrons. The van der Waals surface area contributed by atoms with Crippen LogP contribution in [0.1, 0.15) is 30.3 Å². The van der Waals surface area contributed by atoms with Gasteiger partial charge in [0.1, 0.15) is 5.82 Å². The molecule has 1 saturated heterocycles. The first-order valence-corrected chi connectivity index (χ1v) is 8.52. The van der Waals surface area contributed by atoms with E-state index in [1.54, 1.807) is 30.0 Å². The SMILES string of the molecule is CCOC(=O)N1CCC(NC(=O)c2cc(-c3ccccc3F)on2)CC1. The van der Waals surface area contributed by atoms with Gasteiger partial charge in [-0.05, 0) is 31.9 Å². The van der Waals surface area contributed by atoms with E-state index in [0.29, 0.717) is 32.5 Å². The first-order chi connectivity index (χ1) is 12.6. The molecule has 1 aromatic carbocycles. The van der Waals surface area contributed by atoms with E-state index in [1.807, 2.05) is 0 Å². The van der Waals surface area contributed by atoms with Crippen molar-refractivity contribution < 1.29 is 23.2 Å². The second kappa shape index (κ2) is 7.99. The first kappa shape index (κ1) is 17.9. The van der Waals surface area contributed by atoms with Gasteiger partial charge >= 0.3 is 6.09 Å². The molecule has 3 rings (SSSR count). The van der Waals surface area contributed by atoms with Gasteiger partial charge < -0.3 is 19.5 Å². The molecule has 0 saturated carbocycles. The van der Waals surface area contributed by atoms with E-state index in [2.05, 4.69) is 10.5 Å². The fourth-order valence-electron chi connectivity index (χ4n) is 2.85. The number of ether oxygens (including phenoxy) is 1. The van der Waals surface area contributed by atoms with Crippen molar-refractivity contribution in [2.45, 2.75) is 25.8 Å². The molecule has 0 unspecified atom stereocenters. The molecule has 7 nitrogen and oxygen atoms in total. The molecule has 0 atom stereocenters. The lowest BCUT2D eigenvalue weighted by molar-refractivity contribution is 0.0854. The highest BCUT2D eigenvalue weighted by molar-refractivity contribution is 5.93. The van der Waals surface area contributed by atoms with Gasteiger partial charge in [-0.15, -0.1) is 0 Å². The average Bonchev–Trinajstić information content (AvgIpc) is 3.13. The largest absolute Gasteiger partial charge is 0.450 e. The Bertz CT molecular complexity index is 784. The van der Waals surface area contributed by atoms with Crippen LogP contribution in [0.3, 0.4) is 0 Å². The molecule has 26 heavy (non-hydrogen) atoms. The lowest BCUT2D eigenvalue weighted by Crippen LogP contribution is -2.46. The van der Waals surface area contributed by atoms with E-state index in [0.717, 1.165) is 0 Å². The molecular formula is C18H20FN3O4. The van der Waals surface area contributed by atoms with Crippen molar-refractivity contribution in [2.75, 3.05) is 19.7 Å². The maximum Gasteiger partial charge on any atom is 0.409 e. The maximum absolute atomic E-state index is 13.8. The zero-order valence-electron chi connectivity index (χ0n) is 14.4. The summed E-state index contributed by atoms with van der Waals surface area (Å²) in [6.07, 6.45) is 0.925. The Morgan fingerprint density at radius 1 is 1.35 bits per heavy atom. The Balaban J connectivity index is 1.57. The smallest absolute Gasteiger partial charge is 0.409 e. The van der Waals surface area contributed by atoms with Crippen LogP contribution in [0.15, 0.2) is 34.9 Å². The maximum atomic E-state index is 13.8. The minimum absolute atomic E-state index is 0.0678. The van der Waals surface area contributed by atoms with Crippen LogP contribution in [-0.4, -0.2) is 47.8 Å². The normalized spacial score (nSPS) is 14.9. The van der Waals surface area contributed by atoms with E-state index in [4.69, 9.17) is 9.26 Å². The zero-order valence-corrected chi connectivity index (χ0v) is 14.4. The highest BCUT2D eigenvalue weighted by atomic mass is 19.1. The van der Waals surface area contributed by atoms with Gasteiger partial charge in [-0.3, -0.25) is 4.79 Å². The number of likely N-dealkylation sites (tertiary alicyclic amines) is 1. The standard InChI is InChI=1S/C18H20FN3O4/c1-2-25-18(24)22-9-7-12(8-10-22)20-17(23)15-11-16(26-21-15)13-5-3-4-6-14(13)19/h3-6,11-12H,2,7-10H2,1H3,(H,20,23). The Morgan fingerprint density at radius 3 is 2.77 bits per heavy atom. The lowest BCUT2D eigenvalue weighted by Gasteiger charge is -2.31. The number of nitrogens with zero attached hydrogens (tertiary/aromatic N) is 2. The average molecular weight is 361 g/mol. The van der Waals surface area contributed by atoms with E-state index in [1.165, 1.54) is 12.1 Å². The van der Waals surface area contributed by atoms with Crippen LogP contribution in [0.25, 0.3) is 11.3 Å². The van der Waals surface area contributed by atoms with E-state index in [9.17, 15) is 14.0 Å². The van der Waals surface area contributed by atoms with Crippen molar-refractivity contribution in [3.63, 3.8) is 0 Å². The van der Waals surface area contributed by atoms with Crippen LogP contribution in [0, 0.1) is 5.82 Å². The van der Waals surface area contributed by atoms with Crippen molar-refractivity contribution in [1.82, 2.24) is 15.4 Å². The van der Waals surface area contributed by atoms with E-state index < -0.39 is 5.82 Å². The van der Waals surface area contributed by atoms with Crippen LogP contribution in [0.4, 0.5) is 9.18 Å². The fourth-order valence-corrected chi connectivity index (χ4v) is 2.85. The van der Waals surface area contributed by atoms with Gasteiger partial charge in [0, 0.05) is 25.2 Å². The third kappa shape index (κ3) is 4.01.